The minimum absolute atomic E-state index is 0.0111. The van der Waals surface area contributed by atoms with E-state index in [9.17, 15) is 19.8 Å². The molecule has 0 spiro atoms. The Balaban J connectivity index is 1.50. The number of fused-ring (bicyclic) bond motifs is 3. The van der Waals surface area contributed by atoms with Gasteiger partial charge in [-0.25, -0.2) is 19.7 Å². The maximum atomic E-state index is 12.5. The van der Waals surface area contributed by atoms with Crippen molar-refractivity contribution in [3.63, 3.8) is 0 Å². The Morgan fingerprint density at radius 2 is 2.00 bits per heavy atom. The number of ether oxygens (including phenoxy) is 6. The van der Waals surface area contributed by atoms with Crippen molar-refractivity contribution in [1.82, 2.24) is 19.5 Å². The molecule has 0 amide bonds. The summed E-state index contributed by atoms with van der Waals surface area (Å²) in [5.74, 6) is -4.33. The first-order valence-electron chi connectivity index (χ1n) is 11.7. The van der Waals surface area contributed by atoms with Crippen molar-refractivity contribution in [3.05, 3.63) is 12.7 Å². The summed E-state index contributed by atoms with van der Waals surface area (Å²) in [5, 5.41) is 22.6. The van der Waals surface area contributed by atoms with Gasteiger partial charge < -0.3 is 44.4 Å². The smallest absolute Gasteiger partial charge is 0.337 e. The molecular formula is C22H29N5O10. The topological polar surface area (TPSA) is 200 Å². The lowest BCUT2D eigenvalue weighted by atomic mass is 9.84. The molecule has 0 bridgehead atoms. The van der Waals surface area contributed by atoms with E-state index in [0.717, 1.165) is 7.11 Å². The van der Waals surface area contributed by atoms with E-state index in [1.807, 2.05) is 0 Å². The first kappa shape index (κ1) is 25.7. The molecule has 9 atom stereocenters. The molecule has 202 valence electrons. The number of carbonyl (C=O) groups is 2. The Morgan fingerprint density at radius 3 is 2.68 bits per heavy atom. The Hall–Kier alpha value is -2.95. The molecule has 5 rings (SSSR count). The SMILES string of the molecule is COC(=O)C1OC2CC3OC(n4cnc5c(N)ncnc54)C(OC)C3OC2(O)C(OC(=O)C(C)C)C1O. The monoisotopic (exact) mass is 523 g/mol. The molecule has 0 aliphatic carbocycles. The first-order chi connectivity index (χ1) is 17.6. The highest BCUT2D eigenvalue weighted by Gasteiger charge is 2.67. The Kier molecular flexibility index (Phi) is 6.54. The number of esters is 2. The third kappa shape index (κ3) is 4.02. The molecule has 15 heteroatoms. The van der Waals surface area contributed by atoms with Crippen molar-refractivity contribution in [2.75, 3.05) is 20.0 Å². The highest BCUT2D eigenvalue weighted by atomic mass is 16.7. The zero-order valence-corrected chi connectivity index (χ0v) is 20.6. The van der Waals surface area contributed by atoms with Crippen LogP contribution in [0.5, 0.6) is 0 Å². The predicted molar refractivity (Wildman–Crippen MR) is 120 cm³/mol. The average Bonchev–Trinajstić information content (AvgIpc) is 3.45. The van der Waals surface area contributed by atoms with Gasteiger partial charge in [0.1, 0.15) is 36.3 Å². The van der Waals surface area contributed by atoms with Crippen LogP contribution in [-0.4, -0.2) is 104 Å². The molecule has 4 N–H and O–H groups in total. The number of hydrogen-bond acceptors (Lipinski definition) is 14. The summed E-state index contributed by atoms with van der Waals surface area (Å²) in [4.78, 5) is 37.3. The quantitative estimate of drug-likeness (QED) is 0.389. The zero-order chi connectivity index (χ0) is 26.6. The van der Waals surface area contributed by atoms with E-state index >= 15 is 0 Å². The minimum Gasteiger partial charge on any atom is -0.467 e. The fraction of sp³-hybridized carbons (Fsp3) is 0.682. The normalized spacial score (nSPS) is 37.3. The van der Waals surface area contributed by atoms with Gasteiger partial charge in [0.25, 0.3) is 0 Å². The highest BCUT2D eigenvalue weighted by molar-refractivity contribution is 5.81. The summed E-state index contributed by atoms with van der Waals surface area (Å²) in [6.45, 7) is 3.18. The highest BCUT2D eigenvalue weighted by Crippen LogP contribution is 2.47. The molecule has 9 unspecified atom stereocenters. The Morgan fingerprint density at radius 1 is 1.24 bits per heavy atom. The van der Waals surface area contributed by atoms with Crippen molar-refractivity contribution < 1.29 is 48.2 Å². The van der Waals surface area contributed by atoms with Gasteiger partial charge in [0, 0.05) is 13.5 Å². The second-order valence-corrected chi connectivity index (χ2v) is 9.49. The number of nitrogens with zero attached hydrogens (tertiary/aromatic N) is 4. The number of rotatable bonds is 5. The first-order valence-corrected chi connectivity index (χ1v) is 11.7. The van der Waals surface area contributed by atoms with Gasteiger partial charge in [-0.2, -0.15) is 0 Å². The lowest BCUT2D eigenvalue weighted by Gasteiger charge is -2.52. The van der Waals surface area contributed by atoms with Gasteiger partial charge in [-0.05, 0) is 0 Å². The molecule has 3 fully saturated rings. The van der Waals surface area contributed by atoms with Gasteiger partial charge in [-0.3, -0.25) is 9.36 Å². The number of nitrogen functional groups attached to an aromatic ring is 1. The summed E-state index contributed by atoms with van der Waals surface area (Å²) < 4.78 is 35.6. The van der Waals surface area contributed by atoms with Crippen LogP contribution in [0.1, 0.15) is 26.5 Å². The third-order valence-corrected chi connectivity index (χ3v) is 6.94. The van der Waals surface area contributed by atoms with E-state index in [2.05, 4.69) is 15.0 Å². The molecule has 3 aliphatic heterocycles. The van der Waals surface area contributed by atoms with E-state index < -0.39 is 72.6 Å². The van der Waals surface area contributed by atoms with Gasteiger partial charge in [0.05, 0.1) is 25.5 Å². The summed E-state index contributed by atoms with van der Waals surface area (Å²) in [6.07, 6.45) is -6.58. The van der Waals surface area contributed by atoms with Crippen molar-refractivity contribution >= 4 is 28.9 Å². The van der Waals surface area contributed by atoms with Crippen molar-refractivity contribution in [2.45, 2.75) is 75.0 Å². The van der Waals surface area contributed by atoms with Crippen LogP contribution in [0.4, 0.5) is 5.82 Å². The Labute approximate surface area is 210 Å². The van der Waals surface area contributed by atoms with Gasteiger partial charge in [-0.15, -0.1) is 0 Å². The number of imidazole rings is 1. The molecule has 15 nitrogen and oxygen atoms in total. The van der Waals surface area contributed by atoms with Crippen LogP contribution in [0.3, 0.4) is 0 Å². The zero-order valence-electron chi connectivity index (χ0n) is 20.6. The maximum Gasteiger partial charge on any atom is 0.337 e. The molecule has 2 aromatic heterocycles. The Bertz CT molecular complexity index is 1190. The number of anilines is 1. The molecular weight excluding hydrogens is 494 g/mol. The fourth-order valence-corrected chi connectivity index (χ4v) is 5.04. The van der Waals surface area contributed by atoms with Crippen LogP contribution in [-0.2, 0) is 38.0 Å². The van der Waals surface area contributed by atoms with E-state index in [-0.39, 0.29) is 12.2 Å². The van der Waals surface area contributed by atoms with E-state index in [4.69, 9.17) is 34.2 Å². The molecule has 3 aliphatic rings. The average molecular weight is 523 g/mol. The van der Waals surface area contributed by atoms with Gasteiger partial charge in [-0.1, -0.05) is 13.8 Å². The summed E-state index contributed by atoms with van der Waals surface area (Å²) >= 11 is 0. The molecule has 5 heterocycles. The van der Waals surface area contributed by atoms with E-state index in [1.54, 1.807) is 18.4 Å². The van der Waals surface area contributed by atoms with Gasteiger partial charge >= 0.3 is 11.9 Å². The number of methoxy groups -OCH3 is 2. The third-order valence-electron chi connectivity index (χ3n) is 6.94. The minimum atomic E-state index is -2.33. The second-order valence-electron chi connectivity index (χ2n) is 9.49. The van der Waals surface area contributed by atoms with E-state index in [1.165, 1.54) is 19.8 Å². The van der Waals surface area contributed by atoms with Gasteiger partial charge in [0.15, 0.2) is 29.9 Å². The molecule has 0 radical (unpaired) electrons. The standard InChI is InChI=1S/C22H29N5O10/c1-8(2)20(29)36-16-12(28)14(21(30)33-4)35-10-5-9-13(37-22(10,16)31)15(32-3)19(34-9)27-7-26-11-17(23)24-6-25-18(11)27/h6-10,12-16,19,28,31H,5H2,1-4H3,(H2,23,24,25). The molecule has 3 saturated heterocycles. The molecule has 0 aromatic carbocycles. The van der Waals surface area contributed by atoms with Crippen LogP contribution < -0.4 is 5.73 Å². The van der Waals surface area contributed by atoms with Gasteiger partial charge in [0.2, 0.25) is 5.79 Å². The number of hydrogen-bond donors (Lipinski definition) is 3. The number of aromatic nitrogens is 4. The lowest BCUT2D eigenvalue weighted by Crippen LogP contribution is -2.73. The maximum absolute atomic E-state index is 12.5. The lowest BCUT2D eigenvalue weighted by molar-refractivity contribution is -0.397. The van der Waals surface area contributed by atoms with Crippen molar-refractivity contribution in [2.24, 2.45) is 5.92 Å². The predicted octanol–water partition coefficient (Wildman–Crippen LogP) is -1.33. The molecule has 37 heavy (non-hydrogen) atoms. The number of nitrogens with two attached hydrogens (primary N) is 1. The van der Waals surface area contributed by atoms with Crippen LogP contribution in [0, 0.1) is 5.92 Å². The number of aliphatic hydroxyl groups is 2. The van der Waals surface area contributed by atoms with E-state index in [0.29, 0.717) is 11.2 Å². The summed E-state index contributed by atoms with van der Waals surface area (Å²) in [6, 6.07) is 0. The van der Waals surface area contributed by atoms with Crippen LogP contribution >= 0.6 is 0 Å². The second kappa shape index (κ2) is 9.41. The van der Waals surface area contributed by atoms with Crippen LogP contribution in [0.15, 0.2) is 12.7 Å². The molecule has 2 aromatic rings. The summed E-state index contributed by atoms with van der Waals surface area (Å²) in [7, 11) is 2.57. The molecule has 0 saturated carbocycles. The summed E-state index contributed by atoms with van der Waals surface area (Å²) in [5.41, 5.74) is 6.68. The van der Waals surface area contributed by atoms with Crippen molar-refractivity contribution in [1.29, 1.82) is 0 Å². The largest absolute Gasteiger partial charge is 0.467 e. The number of carbonyl (C=O) groups excluding carboxylic acids is 2. The van der Waals surface area contributed by atoms with Crippen LogP contribution in [0.2, 0.25) is 0 Å². The fourth-order valence-electron chi connectivity index (χ4n) is 5.04. The van der Waals surface area contributed by atoms with Crippen molar-refractivity contribution in [3.8, 4) is 0 Å². The van der Waals surface area contributed by atoms with Crippen LogP contribution in [0.25, 0.3) is 11.2 Å². The number of aliphatic hydroxyl groups excluding tert-OH is 1.